The van der Waals surface area contributed by atoms with Crippen LogP contribution in [0.15, 0.2) is 18.2 Å². The van der Waals surface area contributed by atoms with Crippen LogP contribution < -0.4 is 5.73 Å². The predicted octanol–water partition coefficient (Wildman–Crippen LogP) is 1.31. The van der Waals surface area contributed by atoms with Gasteiger partial charge >= 0.3 is 0 Å². The van der Waals surface area contributed by atoms with Gasteiger partial charge in [0.1, 0.15) is 0 Å². The average molecular weight is 254 g/mol. The van der Waals surface area contributed by atoms with Gasteiger partial charge in [0.05, 0.1) is 6.42 Å². The molecule has 1 fully saturated rings. The maximum absolute atomic E-state index is 13.4. The van der Waals surface area contributed by atoms with E-state index in [2.05, 4.69) is 0 Å². The van der Waals surface area contributed by atoms with Crippen molar-refractivity contribution in [1.82, 2.24) is 4.90 Å². The summed E-state index contributed by atoms with van der Waals surface area (Å²) in [5, 5.41) is 0. The quantitative estimate of drug-likeness (QED) is 0.865. The third-order valence-corrected chi connectivity index (χ3v) is 3.40. The zero-order valence-corrected chi connectivity index (χ0v) is 10.2. The molecule has 0 bridgehead atoms. The van der Waals surface area contributed by atoms with E-state index in [1.807, 2.05) is 6.92 Å². The molecule has 5 heteroatoms. The first-order valence-electron chi connectivity index (χ1n) is 5.95. The Morgan fingerprint density at radius 1 is 1.44 bits per heavy atom. The van der Waals surface area contributed by atoms with Gasteiger partial charge in [0.25, 0.3) is 0 Å². The molecular formula is C13H16F2N2O. The maximum Gasteiger partial charge on any atom is 0.227 e. The monoisotopic (exact) mass is 254 g/mol. The lowest BCUT2D eigenvalue weighted by Gasteiger charge is -2.16. The molecule has 2 N–H and O–H groups in total. The van der Waals surface area contributed by atoms with Crippen LogP contribution in [-0.4, -0.2) is 29.9 Å². The first-order valence-corrected chi connectivity index (χ1v) is 5.95. The molecule has 0 saturated carbocycles. The van der Waals surface area contributed by atoms with E-state index in [-0.39, 0.29) is 29.9 Å². The van der Waals surface area contributed by atoms with Gasteiger partial charge in [-0.1, -0.05) is 19.1 Å². The standard InChI is InChI=1S/C13H16F2N2O/c1-8-6-17(7-11(8)16)12(18)5-9-3-2-4-10(14)13(9)15/h2-4,8,11H,5-7,16H2,1H3. The summed E-state index contributed by atoms with van der Waals surface area (Å²) in [5.74, 6) is -1.83. The van der Waals surface area contributed by atoms with Gasteiger partial charge < -0.3 is 10.6 Å². The molecule has 0 spiro atoms. The van der Waals surface area contributed by atoms with Crippen molar-refractivity contribution < 1.29 is 13.6 Å². The van der Waals surface area contributed by atoms with E-state index in [4.69, 9.17) is 5.73 Å². The summed E-state index contributed by atoms with van der Waals surface area (Å²) in [7, 11) is 0. The van der Waals surface area contributed by atoms with Crippen LogP contribution in [0, 0.1) is 17.6 Å². The fourth-order valence-electron chi connectivity index (χ4n) is 2.16. The van der Waals surface area contributed by atoms with Gasteiger partial charge in [0.2, 0.25) is 5.91 Å². The minimum atomic E-state index is -0.942. The molecule has 2 unspecified atom stereocenters. The molecule has 3 nitrogen and oxygen atoms in total. The van der Waals surface area contributed by atoms with Crippen molar-refractivity contribution in [3.63, 3.8) is 0 Å². The number of carbonyl (C=O) groups is 1. The number of amides is 1. The zero-order valence-electron chi connectivity index (χ0n) is 10.2. The van der Waals surface area contributed by atoms with Crippen molar-refractivity contribution in [3.8, 4) is 0 Å². The lowest BCUT2D eigenvalue weighted by molar-refractivity contribution is -0.129. The Hall–Kier alpha value is -1.49. The number of hydrogen-bond donors (Lipinski definition) is 1. The molecule has 2 rings (SSSR count). The fraction of sp³-hybridized carbons (Fsp3) is 0.462. The fourth-order valence-corrected chi connectivity index (χ4v) is 2.16. The van der Waals surface area contributed by atoms with E-state index in [9.17, 15) is 13.6 Å². The summed E-state index contributed by atoms with van der Waals surface area (Å²) in [4.78, 5) is 13.6. The molecular weight excluding hydrogens is 238 g/mol. The van der Waals surface area contributed by atoms with Crippen LogP contribution in [-0.2, 0) is 11.2 Å². The van der Waals surface area contributed by atoms with Gasteiger partial charge in [-0.05, 0) is 12.0 Å². The number of benzene rings is 1. The van der Waals surface area contributed by atoms with E-state index in [1.165, 1.54) is 12.1 Å². The van der Waals surface area contributed by atoms with Crippen LogP contribution in [0.1, 0.15) is 12.5 Å². The van der Waals surface area contributed by atoms with Gasteiger partial charge in [-0.15, -0.1) is 0 Å². The highest BCUT2D eigenvalue weighted by Gasteiger charge is 2.30. The number of rotatable bonds is 2. The second-order valence-electron chi connectivity index (χ2n) is 4.83. The smallest absolute Gasteiger partial charge is 0.227 e. The van der Waals surface area contributed by atoms with Crippen molar-refractivity contribution in [1.29, 1.82) is 0 Å². The molecule has 18 heavy (non-hydrogen) atoms. The van der Waals surface area contributed by atoms with E-state index in [0.717, 1.165) is 6.07 Å². The molecule has 1 aliphatic heterocycles. The van der Waals surface area contributed by atoms with Crippen LogP contribution in [0.2, 0.25) is 0 Å². The first-order chi connectivity index (χ1) is 8.49. The van der Waals surface area contributed by atoms with Crippen LogP contribution >= 0.6 is 0 Å². The lowest BCUT2D eigenvalue weighted by Crippen LogP contribution is -2.33. The van der Waals surface area contributed by atoms with Crippen molar-refractivity contribution in [2.24, 2.45) is 11.7 Å². The van der Waals surface area contributed by atoms with Crippen molar-refractivity contribution in [2.45, 2.75) is 19.4 Å². The molecule has 1 saturated heterocycles. The number of hydrogen-bond acceptors (Lipinski definition) is 2. The van der Waals surface area contributed by atoms with Crippen LogP contribution in [0.3, 0.4) is 0 Å². The van der Waals surface area contributed by atoms with Gasteiger partial charge in [0.15, 0.2) is 11.6 Å². The topological polar surface area (TPSA) is 46.3 Å². The SMILES string of the molecule is CC1CN(C(=O)Cc2cccc(F)c2F)CC1N. The van der Waals surface area contributed by atoms with E-state index in [1.54, 1.807) is 4.90 Å². The summed E-state index contributed by atoms with van der Waals surface area (Å²) in [6.45, 7) is 3.04. The van der Waals surface area contributed by atoms with Crippen LogP contribution in [0.5, 0.6) is 0 Å². The molecule has 0 aromatic heterocycles. The normalized spacial score (nSPS) is 23.4. The number of halogens is 2. The average Bonchev–Trinajstić information content (AvgIpc) is 2.66. The van der Waals surface area contributed by atoms with Gasteiger partial charge in [-0.3, -0.25) is 4.79 Å². The van der Waals surface area contributed by atoms with Crippen molar-refractivity contribution in [3.05, 3.63) is 35.4 Å². The second kappa shape index (κ2) is 5.02. The molecule has 1 aromatic rings. The summed E-state index contributed by atoms with van der Waals surface area (Å²) in [6, 6.07) is 3.83. The van der Waals surface area contributed by atoms with Crippen molar-refractivity contribution in [2.75, 3.05) is 13.1 Å². The largest absolute Gasteiger partial charge is 0.341 e. The van der Waals surface area contributed by atoms with Crippen molar-refractivity contribution >= 4 is 5.91 Å². The van der Waals surface area contributed by atoms with E-state index < -0.39 is 11.6 Å². The maximum atomic E-state index is 13.4. The molecule has 2 atom stereocenters. The third kappa shape index (κ3) is 2.51. The van der Waals surface area contributed by atoms with Crippen LogP contribution in [0.4, 0.5) is 8.78 Å². The Balaban J connectivity index is 2.06. The summed E-state index contributed by atoms with van der Waals surface area (Å²) >= 11 is 0. The molecule has 1 heterocycles. The summed E-state index contributed by atoms with van der Waals surface area (Å²) < 4.78 is 26.4. The Morgan fingerprint density at radius 2 is 2.17 bits per heavy atom. The molecule has 1 aliphatic rings. The predicted molar refractivity (Wildman–Crippen MR) is 63.8 cm³/mol. The number of nitrogens with two attached hydrogens (primary N) is 1. The zero-order chi connectivity index (χ0) is 13.3. The Bertz CT molecular complexity index is 454. The van der Waals surface area contributed by atoms with E-state index in [0.29, 0.717) is 13.1 Å². The van der Waals surface area contributed by atoms with Gasteiger partial charge in [-0.2, -0.15) is 0 Å². The van der Waals surface area contributed by atoms with Gasteiger partial charge in [-0.25, -0.2) is 8.78 Å². The highest BCUT2D eigenvalue weighted by atomic mass is 19.2. The highest BCUT2D eigenvalue weighted by molar-refractivity contribution is 5.79. The minimum Gasteiger partial charge on any atom is -0.341 e. The molecule has 98 valence electrons. The Labute approximate surface area is 105 Å². The number of nitrogens with zero attached hydrogens (tertiary/aromatic N) is 1. The second-order valence-corrected chi connectivity index (χ2v) is 4.83. The van der Waals surface area contributed by atoms with E-state index >= 15 is 0 Å². The third-order valence-electron chi connectivity index (χ3n) is 3.40. The highest BCUT2D eigenvalue weighted by Crippen LogP contribution is 2.17. The first kappa shape index (κ1) is 13.0. The van der Waals surface area contributed by atoms with Crippen LogP contribution in [0.25, 0.3) is 0 Å². The summed E-state index contributed by atoms with van der Waals surface area (Å²) in [6.07, 6.45) is -0.122. The summed E-state index contributed by atoms with van der Waals surface area (Å²) in [5.41, 5.74) is 5.92. The minimum absolute atomic E-state index is 0.0358. The molecule has 0 aliphatic carbocycles. The molecule has 1 aromatic carbocycles. The Morgan fingerprint density at radius 3 is 2.78 bits per heavy atom. The number of carbonyl (C=O) groups excluding carboxylic acids is 1. The van der Waals surface area contributed by atoms with Gasteiger partial charge in [0, 0.05) is 24.7 Å². The molecule has 1 amide bonds. The Kier molecular flexibility index (Phi) is 3.61. The number of likely N-dealkylation sites (tertiary alicyclic amines) is 1. The lowest BCUT2D eigenvalue weighted by atomic mass is 10.1. The molecule has 0 radical (unpaired) electrons.